The quantitative estimate of drug-likeness (QED) is 0.770. The number of aromatic nitrogens is 2. The van der Waals surface area contributed by atoms with Gasteiger partial charge in [0.05, 0.1) is 30.3 Å². The van der Waals surface area contributed by atoms with E-state index in [2.05, 4.69) is 9.97 Å². The van der Waals surface area contributed by atoms with E-state index in [9.17, 15) is 10.1 Å². The van der Waals surface area contributed by atoms with E-state index in [-0.39, 0.29) is 28.5 Å². The second-order valence-electron chi connectivity index (χ2n) is 3.93. The van der Waals surface area contributed by atoms with Gasteiger partial charge >= 0.3 is 0 Å². The first-order chi connectivity index (χ1) is 9.22. The van der Waals surface area contributed by atoms with Gasteiger partial charge in [-0.25, -0.2) is 4.98 Å². The summed E-state index contributed by atoms with van der Waals surface area (Å²) in [6, 6.07) is 3.63. The van der Waals surface area contributed by atoms with Crippen LogP contribution in [0.2, 0.25) is 0 Å². The van der Waals surface area contributed by atoms with Gasteiger partial charge in [0.2, 0.25) is 11.8 Å². The lowest BCUT2D eigenvalue weighted by Gasteiger charge is -2.22. The van der Waals surface area contributed by atoms with Gasteiger partial charge in [0.1, 0.15) is 11.6 Å². The molecule has 0 spiro atoms. The highest BCUT2D eigenvalue weighted by Crippen LogP contribution is 2.38. The molecular weight excluding hydrogens is 248 g/mol. The zero-order chi connectivity index (χ0) is 13.4. The number of nitrogens with one attached hydrogen (secondary N) is 1. The summed E-state index contributed by atoms with van der Waals surface area (Å²) < 4.78 is 10.2. The van der Waals surface area contributed by atoms with E-state index in [0.717, 1.165) is 0 Å². The van der Waals surface area contributed by atoms with Crippen LogP contribution in [0.5, 0.6) is 5.88 Å². The number of rotatable bonds is 1. The number of nitrogens with two attached hydrogens (primary N) is 1. The largest absolute Gasteiger partial charge is 0.472 e. The number of aromatic amines is 1. The second kappa shape index (κ2) is 4.03. The van der Waals surface area contributed by atoms with Crippen molar-refractivity contribution < 1.29 is 9.15 Å². The van der Waals surface area contributed by atoms with Crippen LogP contribution < -0.4 is 16.0 Å². The molecular formula is C12H8N4O3. The number of allylic oxidation sites excluding steroid dienone is 1. The van der Waals surface area contributed by atoms with Crippen LogP contribution in [-0.2, 0) is 0 Å². The maximum atomic E-state index is 12.0. The van der Waals surface area contributed by atoms with Gasteiger partial charge in [-0.1, -0.05) is 0 Å². The standard InChI is InChI=1S/C12H8N4O3/c13-3-7-8(6-1-2-18-4-6)9-11(17)15-5-16-12(9)19-10(7)14/h1-2,4-5,8H,14H2,(H,15,16,17)/t8-/m1/s1. The van der Waals surface area contributed by atoms with Crippen LogP contribution in [0.4, 0.5) is 0 Å². The third-order valence-electron chi connectivity index (χ3n) is 2.90. The predicted molar refractivity (Wildman–Crippen MR) is 62.9 cm³/mol. The van der Waals surface area contributed by atoms with Gasteiger partial charge in [-0.15, -0.1) is 0 Å². The first-order valence-corrected chi connectivity index (χ1v) is 5.39. The highest BCUT2D eigenvalue weighted by Gasteiger charge is 2.34. The van der Waals surface area contributed by atoms with Crippen LogP contribution in [0.1, 0.15) is 17.0 Å². The topological polar surface area (TPSA) is 118 Å². The fourth-order valence-corrected chi connectivity index (χ4v) is 2.07. The van der Waals surface area contributed by atoms with E-state index >= 15 is 0 Å². The minimum Gasteiger partial charge on any atom is -0.472 e. The van der Waals surface area contributed by atoms with Crippen molar-refractivity contribution in [3.8, 4) is 11.9 Å². The summed E-state index contributed by atoms with van der Waals surface area (Å²) in [4.78, 5) is 18.3. The molecule has 0 aliphatic carbocycles. The highest BCUT2D eigenvalue weighted by molar-refractivity contribution is 5.51. The van der Waals surface area contributed by atoms with Crippen molar-refractivity contribution in [3.63, 3.8) is 0 Å². The molecule has 0 bridgehead atoms. The van der Waals surface area contributed by atoms with Gasteiger partial charge in [0, 0.05) is 5.56 Å². The van der Waals surface area contributed by atoms with E-state index < -0.39 is 5.92 Å². The monoisotopic (exact) mass is 256 g/mol. The molecule has 0 fully saturated rings. The SMILES string of the molecule is N#CC1=C(N)Oc2nc[nH]c(=O)c2[C@@H]1c1ccoc1. The van der Waals surface area contributed by atoms with E-state index in [4.69, 9.17) is 14.9 Å². The smallest absolute Gasteiger partial charge is 0.258 e. The third kappa shape index (κ3) is 1.58. The molecule has 3 heterocycles. The lowest BCUT2D eigenvalue weighted by Crippen LogP contribution is -2.28. The molecule has 1 atom stereocenters. The second-order valence-corrected chi connectivity index (χ2v) is 3.93. The molecule has 2 aromatic heterocycles. The molecule has 2 aromatic rings. The number of furan rings is 1. The summed E-state index contributed by atoms with van der Waals surface area (Å²) in [5, 5.41) is 9.22. The summed E-state index contributed by atoms with van der Waals surface area (Å²) in [5.41, 5.74) is 6.37. The Kier molecular flexibility index (Phi) is 2.35. The molecule has 0 saturated heterocycles. The van der Waals surface area contributed by atoms with Gasteiger partial charge in [-0.3, -0.25) is 4.79 Å². The van der Waals surface area contributed by atoms with Crippen molar-refractivity contribution in [3.05, 3.63) is 57.9 Å². The van der Waals surface area contributed by atoms with Crippen LogP contribution in [0.3, 0.4) is 0 Å². The molecule has 0 saturated carbocycles. The number of H-pyrrole nitrogens is 1. The Balaban J connectivity index is 2.31. The predicted octanol–water partition coefficient (Wildman–Crippen LogP) is 0.581. The Morgan fingerprint density at radius 3 is 3.05 bits per heavy atom. The lowest BCUT2D eigenvalue weighted by atomic mass is 9.87. The number of fused-ring (bicyclic) bond motifs is 1. The summed E-state index contributed by atoms with van der Waals surface area (Å²) in [6.45, 7) is 0. The fourth-order valence-electron chi connectivity index (χ4n) is 2.07. The summed E-state index contributed by atoms with van der Waals surface area (Å²) in [7, 11) is 0. The molecule has 0 aromatic carbocycles. The molecule has 0 amide bonds. The average Bonchev–Trinajstić information content (AvgIpc) is 2.91. The van der Waals surface area contributed by atoms with E-state index in [1.807, 2.05) is 6.07 Å². The van der Waals surface area contributed by atoms with Crippen LogP contribution >= 0.6 is 0 Å². The highest BCUT2D eigenvalue weighted by atomic mass is 16.5. The molecule has 19 heavy (non-hydrogen) atoms. The minimum absolute atomic E-state index is 0.0562. The first kappa shape index (κ1) is 11.1. The molecule has 3 rings (SSSR count). The van der Waals surface area contributed by atoms with Crippen molar-refractivity contribution >= 4 is 0 Å². The van der Waals surface area contributed by atoms with Gasteiger partial charge in [-0.2, -0.15) is 5.26 Å². The van der Waals surface area contributed by atoms with Crippen LogP contribution in [0.25, 0.3) is 0 Å². The number of ether oxygens (including phenoxy) is 1. The molecule has 94 valence electrons. The lowest BCUT2D eigenvalue weighted by molar-refractivity contribution is 0.374. The zero-order valence-corrected chi connectivity index (χ0v) is 9.58. The molecule has 3 N–H and O–H groups in total. The number of hydrogen-bond acceptors (Lipinski definition) is 6. The van der Waals surface area contributed by atoms with Gasteiger partial charge in [0.25, 0.3) is 5.56 Å². The molecule has 7 heteroatoms. The summed E-state index contributed by atoms with van der Waals surface area (Å²) in [6.07, 6.45) is 4.13. The normalized spacial score (nSPS) is 17.5. The Labute approximate surface area is 106 Å². The van der Waals surface area contributed by atoms with Crippen molar-refractivity contribution in [2.45, 2.75) is 5.92 Å². The number of nitrogens with zero attached hydrogens (tertiary/aromatic N) is 2. The maximum absolute atomic E-state index is 12.0. The Hall–Kier alpha value is -3.01. The molecule has 1 aliphatic heterocycles. The van der Waals surface area contributed by atoms with Gasteiger partial charge in [-0.05, 0) is 6.07 Å². The molecule has 7 nitrogen and oxygen atoms in total. The van der Waals surface area contributed by atoms with Crippen molar-refractivity contribution in [2.24, 2.45) is 5.73 Å². The third-order valence-corrected chi connectivity index (χ3v) is 2.90. The van der Waals surface area contributed by atoms with Crippen LogP contribution in [-0.4, -0.2) is 9.97 Å². The number of nitriles is 1. The summed E-state index contributed by atoms with van der Waals surface area (Å²) >= 11 is 0. The van der Waals surface area contributed by atoms with Gasteiger partial charge < -0.3 is 19.9 Å². The van der Waals surface area contributed by atoms with Crippen LogP contribution in [0, 0.1) is 11.3 Å². The molecule has 0 unspecified atom stereocenters. The van der Waals surface area contributed by atoms with Crippen molar-refractivity contribution in [1.29, 1.82) is 5.26 Å². The zero-order valence-electron chi connectivity index (χ0n) is 9.58. The van der Waals surface area contributed by atoms with Gasteiger partial charge in [0.15, 0.2) is 0 Å². The van der Waals surface area contributed by atoms with E-state index in [0.29, 0.717) is 5.56 Å². The minimum atomic E-state index is -0.634. The Bertz CT molecular complexity index is 752. The Morgan fingerprint density at radius 2 is 2.37 bits per heavy atom. The van der Waals surface area contributed by atoms with Crippen molar-refractivity contribution in [1.82, 2.24) is 9.97 Å². The first-order valence-electron chi connectivity index (χ1n) is 5.39. The molecule has 1 aliphatic rings. The fraction of sp³-hybridized carbons (Fsp3) is 0.0833. The van der Waals surface area contributed by atoms with Crippen molar-refractivity contribution in [2.75, 3.05) is 0 Å². The Morgan fingerprint density at radius 1 is 1.53 bits per heavy atom. The van der Waals surface area contributed by atoms with E-state index in [1.165, 1.54) is 18.9 Å². The van der Waals surface area contributed by atoms with Crippen LogP contribution in [0.15, 0.2) is 45.6 Å². The number of hydrogen-bond donors (Lipinski definition) is 2. The van der Waals surface area contributed by atoms with E-state index in [1.54, 1.807) is 6.07 Å². The maximum Gasteiger partial charge on any atom is 0.258 e. The summed E-state index contributed by atoms with van der Waals surface area (Å²) in [5.74, 6) is -0.587. The average molecular weight is 256 g/mol. The molecule has 0 radical (unpaired) electrons.